The van der Waals surface area contributed by atoms with Crippen molar-refractivity contribution in [2.24, 2.45) is 5.14 Å². The van der Waals surface area contributed by atoms with Gasteiger partial charge in [-0.15, -0.1) is 0 Å². The minimum atomic E-state index is -4.08. The number of nitrogens with two attached hydrogens (primary N) is 1. The molecular weight excluding hydrogens is 524 g/mol. The van der Waals surface area contributed by atoms with Crippen molar-refractivity contribution >= 4 is 43.6 Å². The van der Waals surface area contributed by atoms with E-state index in [4.69, 9.17) is 26.2 Å². The Labute approximate surface area is 199 Å². The van der Waals surface area contributed by atoms with Crippen LogP contribution in [-0.2, 0) is 10.2 Å². The SMILES string of the molecule is CCCN(c1ncnc(OCCOc2ncc(Br)cn2)c1-c1ccc(Cl)cc1)S(N)(=O)=O. The summed E-state index contributed by atoms with van der Waals surface area (Å²) in [4.78, 5) is 16.4. The van der Waals surface area contributed by atoms with E-state index in [1.165, 1.54) is 6.33 Å². The number of halogens is 2. The zero-order valence-corrected chi connectivity index (χ0v) is 20.1. The standard InChI is InChI=1S/C19H20BrClN6O4S/c1-2-7-27(32(22,28)29)17-16(13-3-5-15(21)6-4-13)18(26-12-25-17)30-8-9-31-19-23-10-14(20)11-24-19/h3-6,10-12H,2,7-9H2,1H3,(H2,22,28,29). The lowest BCUT2D eigenvalue weighted by Gasteiger charge is -2.23. The van der Waals surface area contributed by atoms with Crippen LogP contribution in [0.2, 0.25) is 5.02 Å². The van der Waals surface area contributed by atoms with Gasteiger partial charge >= 0.3 is 6.01 Å². The second-order valence-electron chi connectivity index (χ2n) is 6.38. The van der Waals surface area contributed by atoms with E-state index >= 15 is 0 Å². The highest BCUT2D eigenvalue weighted by atomic mass is 79.9. The van der Waals surface area contributed by atoms with Gasteiger partial charge in [-0.3, -0.25) is 0 Å². The van der Waals surface area contributed by atoms with Crippen LogP contribution >= 0.6 is 27.5 Å². The zero-order chi connectivity index (χ0) is 23.1. The molecule has 0 aliphatic rings. The summed E-state index contributed by atoms with van der Waals surface area (Å²) in [5.74, 6) is 0.279. The molecule has 0 spiro atoms. The maximum absolute atomic E-state index is 12.3. The Kier molecular flexibility index (Phi) is 8.18. The van der Waals surface area contributed by atoms with E-state index in [0.29, 0.717) is 22.6 Å². The summed E-state index contributed by atoms with van der Waals surface area (Å²) in [7, 11) is -4.08. The van der Waals surface area contributed by atoms with Crippen LogP contribution in [0.4, 0.5) is 5.82 Å². The van der Waals surface area contributed by atoms with E-state index in [1.807, 2.05) is 6.92 Å². The van der Waals surface area contributed by atoms with Crippen molar-refractivity contribution in [2.75, 3.05) is 24.1 Å². The summed E-state index contributed by atoms with van der Waals surface area (Å²) in [5.41, 5.74) is 0.980. The van der Waals surface area contributed by atoms with Gasteiger partial charge in [-0.2, -0.15) is 8.42 Å². The molecule has 0 saturated carbocycles. The zero-order valence-electron chi connectivity index (χ0n) is 17.0. The summed E-state index contributed by atoms with van der Waals surface area (Å²) in [5, 5.41) is 5.98. The van der Waals surface area contributed by atoms with Gasteiger partial charge in [0.1, 0.15) is 19.5 Å². The van der Waals surface area contributed by atoms with Gasteiger partial charge < -0.3 is 9.47 Å². The van der Waals surface area contributed by atoms with Gasteiger partial charge in [0.2, 0.25) is 5.88 Å². The van der Waals surface area contributed by atoms with Gasteiger partial charge in [0.25, 0.3) is 10.2 Å². The summed E-state index contributed by atoms with van der Waals surface area (Å²) in [6.07, 6.45) is 4.87. The van der Waals surface area contributed by atoms with Gasteiger partial charge in [0.05, 0.1) is 10.0 Å². The lowest BCUT2D eigenvalue weighted by atomic mass is 10.1. The molecule has 0 amide bonds. The number of hydrogen-bond acceptors (Lipinski definition) is 8. The molecule has 0 aliphatic carbocycles. The van der Waals surface area contributed by atoms with Crippen LogP contribution < -0.4 is 18.9 Å². The predicted molar refractivity (Wildman–Crippen MR) is 124 cm³/mol. The maximum atomic E-state index is 12.3. The number of nitrogens with zero attached hydrogens (tertiary/aromatic N) is 5. The molecule has 3 rings (SSSR count). The molecule has 2 aromatic heterocycles. The smallest absolute Gasteiger partial charge is 0.316 e. The molecule has 0 aliphatic heterocycles. The Hall–Kier alpha value is -2.54. The fraction of sp³-hybridized carbons (Fsp3) is 0.263. The summed E-state index contributed by atoms with van der Waals surface area (Å²) in [6, 6.07) is 6.98. The largest absolute Gasteiger partial charge is 0.473 e. The fourth-order valence-corrected chi connectivity index (χ4v) is 3.88. The third-order valence-electron chi connectivity index (χ3n) is 4.05. The van der Waals surface area contributed by atoms with Crippen LogP contribution in [0.3, 0.4) is 0 Å². The van der Waals surface area contributed by atoms with Crippen LogP contribution in [0.25, 0.3) is 11.1 Å². The molecular formula is C19H20BrClN6O4S. The Morgan fingerprint density at radius 2 is 1.72 bits per heavy atom. The Balaban J connectivity index is 1.90. The average molecular weight is 544 g/mol. The minimum absolute atomic E-state index is 0.0968. The number of ether oxygens (including phenoxy) is 2. The van der Waals surface area contributed by atoms with E-state index in [1.54, 1.807) is 36.7 Å². The third kappa shape index (κ3) is 6.25. The van der Waals surface area contributed by atoms with Gasteiger partial charge in [-0.25, -0.2) is 29.4 Å². The van der Waals surface area contributed by atoms with Gasteiger partial charge in [0, 0.05) is 24.0 Å². The van der Waals surface area contributed by atoms with Crippen LogP contribution in [0.1, 0.15) is 13.3 Å². The topological polar surface area (TPSA) is 133 Å². The second kappa shape index (κ2) is 10.9. The van der Waals surface area contributed by atoms with Gasteiger partial charge in [-0.1, -0.05) is 30.7 Å². The lowest BCUT2D eigenvalue weighted by molar-refractivity contribution is 0.202. The maximum Gasteiger partial charge on any atom is 0.316 e. The van der Waals surface area contributed by atoms with E-state index < -0.39 is 10.2 Å². The minimum Gasteiger partial charge on any atom is -0.473 e. The van der Waals surface area contributed by atoms with Crippen molar-refractivity contribution in [3.05, 3.63) is 52.5 Å². The monoisotopic (exact) mass is 542 g/mol. The molecule has 170 valence electrons. The van der Waals surface area contributed by atoms with Crippen molar-refractivity contribution in [3.63, 3.8) is 0 Å². The highest BCUT2D eigenvalue weighted by molar-refractivity contribution is 9.10. The molecule has 2 heterocycles. The van der Waals surface area contributed by atoms with Crippen LogP contribution in [0.5, 0.6) is 11.9 Å². The van der Waals surface area contributed by atoms with E-state index in [-0.39, 0.29) is 37.5 Å². The highest BCUT2D eigenvalue weighted by Gasteiger charge is 2.26. The highest BCUT2D eigenvalue weighted by Crippen LogP contribution is 2.37. The van der Waals surface area contributed by atoms with Crippen molar-refractivity contribution in [2.45, 2.75) is 13.3 Å². The molecule has 1 aromatic carbocycles. The molecule has 0 atom stereocenters. The molecule has 3 aromatic rings. The summed E-state index contributed by atoms with van der Waals surface area (Å²) >= 11 is 9.27. The van der Waals surface area contributed by atoms with Crippen molar-refractivity contribution in [1.82, 2.24) is 19.9 Å². The first-order valence-electron chi connectivity index (χ1n) is 9.44. The summed E-state index contributed by atoms with van der Waals surface area (Å²) < 4.78 is 37.5. The number of anilines is 1. The van der Waals surface area contributed by atoms with E-state index in [0.717, 1.165) is 8.78 Å². The molecule has 0 bridgehead atoms. The molecule has 2 N–H and O–H groups in total. The fourth-order valence-electron chi connectivity index (χ4n) is 2.73. The quantitative estimate of drug-likeness (QED) is 0.385. The normalized spacial score (nSPS) is 11.2. The summed E-state index contributed by atoms with van der Waals surface area (Å²) in [6.45, 7) is 2.20. The van der Waals surface area contributed by atoms with Crippen molar-refractivity contribution in [1.29, 1.82) is 0 Å². The molecule has 32 heavy (non-hydrogen) atoms. The number of rotatable bonds is 10. The molecule has 0 radical (unpaired) electrons. The van der Waals surface area contributed by atoms with E-state index in [9.17, 15) is 8.42 Å². The first-order chi connectivity index (χ1) is 15.3. The van der Waals surface area contributed by atoms with Crippen LogP contribution in [0.15, 0.2) is 47.5 Å². The Morgan fingerprint density at radius 1 is 1.06 bits per heavy atom. The number of hydrogen-bond donors (Lipinski definition) is 1. The third-order valence-corrected chi connectivity index (χ3v) is 5.68. The first kappa shape index (κ1) is 24.1. The first-order valence-corrected chi connectivity index (χ1v) is 12.1. The molecule has 10 nitrogen and oxygen atoms in total. The second-order valence-corrected chi connectivity index (χ2v) is 9.21. The average Bonchev–Trinajstić information content (AvgIpc) is 2.76. The van der Waals surface area contributed by atoms with Gasteiger partial charge in [0.15, 0.2) is 5.82 Å². The van der Waals surface area contributed by atoms with E-state index in [2.05, 4.69) is 35.9 Å². The predicted octanol–water partition coefficient (Wildman–Crippen LogP) is 3.23. The van der Waals surface area contributed by atoms with Crippen LogP contribution in [-0.4, -0.2) is 48.1 Å². The molecule has 0 saturated heterocycles. The Morgan fingerprint density at radius 3 is 2.34 bits per heavy atom. The molecule has 0 fully saturated rings. The van der Waals surface area contributed by atoms with Crippen LogP contribution in [0, 0.1) is 0 Å². The van der Waals surface area contributed by atoms with Gasteiger partial charge in [-0.05, 0) is 40.0 Å². The molecule has 13 heteroatoms. The molecule has 0 unspecified atom stereocenters. The lowest BCUT2D eigenvalue weighted by Crippen LogP contribution is -2.38. The van der Waals surface area contributed by atoms with Crippen molar-refractivity contribution < 1.29 is 17.9 Å². The number of benzene rings is 1. The number of aromatic nitrogens is 4. The van der Waals surface area contributed by atoms with Crippen molar-refractivity contribution in [3.8, 4) is 23.0 Å². The Bertz CT molecular complexity index is 1150.